The van der Waals surface area contributed by atoms with Crippen molar-refractivity contribution in [2.45, 2.75) is 78.2 Å². The number of hydrogen-bond donors (Lipinski definition) is 1. The van der Waals surface area contributed by atoms with Gasteiger partial charge < -0.3 is 5.32 Å². The highest BCUT2D eigenvalue weighted by Gasteiger charge is 2.35. The predicted molar refractivity (Wildman–Crippen MR) is 92.9 cm³/mol. The Labute approximate surface area is 134 Å². The van der Waals surface area contributed by atoms with Crippen molar-refractivity contribution in [2.24, 2.45) is 11.3 Å². The van der Waals surface area contributed by atoms with E-state index in [1.165, 1.54) is 50.6 Å². The Balaban J connectivity index is 1.94. The van der Waals surface area contributed by atoms with E-state index in [0.717, 1.165) is 18.9 Å². The van der Waals surface area contributed by atoms with E-state index in [1.807, 2.05) is 5.51 Å². The number of aromatic nitrogens is 1. The monoisotopic (exact) mass is 308 g/mol. The van der Waals surface area contributed by atoms with E-state index in [9.17, 15) is 0 Å². The lowest BCUT2D eigenvalue weighted by atomic mass is 9.67. The first-order chi connectivity index (χ1) is 10.1. The van der Waals surface area contributed by atoms with Gasteiger partial charge in [0.25, 0.3) is 0 Å². The molecule has 0 saturated heterocycles. The summed E-state index contributed by atoms with van der Waals surface area (Å²) >= 11 is 1.73. The van der Waals surface area contributed by atoms with Gasteiger partial charge in [-0.1, -0.05) is 40.0 Å². The van der Waals surface area contributed by atoms with Crippen LogP contribution in [0.4, 0.5) is 0 Å². The number of nitrogens with one attached hydrogen (secondary N) is 1. The molecule has 1 heterocycles. The Hall–Kier alpha value is -0.410. The van der Waals surface area contributed by atoms with Gasteiger partial charge in [0.05, 0.1) is 11.2 Å². The highest BCUT2D eigenvalue weighted by molar-refractivity contribution is 7.07. The van der Waals surface area contributed by atoms with E-state index in [-0.39, 0.29) is 0 Å². The van der Waals surface area contributed by atoms with Crippen molar-refractivity contribution in [1.29, 1.82) is 0 Å². The van der Waals surface area contributed by atoms with Crippen LogP contribution in [0.25, 0.3) is 0 Å². The van der Waals surface area contributed by atoms with Crippen LogP contribution in [0.3, 0.4) is 0 Å². The Morgan fingerprint density at radius 3 is 2.71 bits per heavy atom. The van der Waals surface area contributed by atoms with Gasteiger partial charge in [-0.05, 0) is 43.4 Å². The fraction of sp³-hybridized carbons (Fsp3) is 0.833. The van der Waals surface area contributed by atoms with Crippen LogP contribution in [0.1, 0.15) is 71.4 Å². The van der Waals surface area contributed by atoms with Crippen molar-refractivity contribution in [3.05, 3.63) is 16.6 Å². The SMILES string of the molecule is CCCCC1CCC(CNC(C)C)(Cc2cscn2)CC1. The summed E-state index contributed by atoms with van der Waals surface area (Å²) in [6, 6.07) is 0.579. The van der Waals surface area contributed by atoms with Crippen molar-refractivity contribution in [1.82, 2.24) is 10.3 Å². The van der Waals surface area contributed by atoms with E-state index in [2.05, 4.69) is 36.5 Å². The third kappa shape index (κ3) is 5.37. The van der Waals surface area contributed by atoms with E-state index in [1.54, 1.807) is 11.3 Å². The number of unbranched alkanes of at least 4 members (excludes halogenated alkanes) is 1. The minimum atomic E-state index is 0.445. The molecule has 0 bridgehead atoms. The van der Waals surface area contributed by atoms with Crippen LogP contribution in [-0.2, 0) is 6.42 Å². The molecule has 1 saturated carbocycles. The quantitative estimate of drug-likeness (QED) is 0.727. The van der Waals surface area contributed by atoms with Crippen LogP contribution in [0.5, 0.6) is 0 Å². The standard InChI is InChI=1S/C18H32N2S/c1-4-5-6-16-7-9-18(10-8-16,13-19-15(2)3)11-17-12-21-14-20-17/h12,14-16,19H,4-11,13H2,1-3H3. The number of rotatable bonds is 8. The highest BCUT2D eigenvalue weighted by atomic mass is 32.1. The molecule has 0 aromatic carbocycles. The summed E-state index contributed by atoms with van der Waals surface area (Å²) in [7, 11) is 0. The minimum absolute atomic E-state index is 0.445. The predicted octanol–water partition coefficient (Wildman–Crippen LogP) is 5.05. The molecule has 0 radical (unpaired) electrons. The van der Waals surface area contributed by atoms with E-state index in [4.69, 9.17) is 0 Å². The molecule has 1 fully saturated rings. The van der Waals surface area contributed by atoms with Crippen molar-refractivity contribution < 1.29 is 0 Å². The van der Waals surface area contributed by atoms with E-state index in [0.29, 0.717) is 11.5 Å². The largest absolute Gasteiger partial charge is 0.314 e. The minimum Gasteiger partial charge on any atom is -0.314 e. The first kappa shape index (κ1) is 17.0. The van der Waals surface area contributed by atoms with E-state index >= 15 is 0 Å². The maximum Gasteiger partial charge on any atom is 0.0794 e. The summed E-state index contributed by atoms with van der Waals surface area (Å²) in [5.74, 6) is 0.979. The molecule has 3 heteroatoms. The molecule has 120 valence electrons. The molecule has 1 aromatic heterocycles. The summed E-state index contributed by atoms with van der Waals surface area (Å²) in [6.07, 6.45) is 11.0. The van der Waals surface area contributed by atoms with Crippen molar-refractivity contribution in [2.75, 3.05) is 6.54 Å². The zero-order valence-corrected chi connectivity index (χ0v) is 14.8. The first-order valence-electron chi connectivity index (χ1n) is 8.74. The zero-order valence-electron chi connectivity index (χ0n) is 14.0. The van der Waals surface area contributed by atoms with Gasteiger partial charge in [0.15, 0.2) is 0 Å². The van der Waals surface area contributed by atoms with Gasteiger partial charge in [0, 0.05) is 18.0 Å². The maximum absolute atomic E-state index is 4.54. The summed E-state index contributed by atoms with van der Waals surface area (Å²) in [5, 5.41) is 5.94. The van der Waals surface area contributed by atoms with Gasteiger partial charge in [0.1, 0.15) is 0 Å². The second kappa shape index (κ2) is 8.28. The van der Waals surface area contributed by atoms with Gasteiger partial charge in [-0.25, -0.2) is 4.98 Å². The number of nitrogens with zero attached hydrogens (tertiary/aromatic N) is 1. The van der Waals surface area contributed by atoms with Gasteiger partial charge >= 0.3 is 0 Å². The molecule has 0 spiro atoms. The van der Waals surface area contributed by atoms with Crippen molar-refractivity contribution in [3.63, 3.8) is 0 Å². The van der Waals surface area contributed by atoms with Gasteiger partial charge in [0.2, 0.25) is 0 Å². The third-order valence-electron chi connectivity index (χ3n) is 5.06. The topological polar surface area (TPSA) is 24.9 Å². The van der Waals surface area contributed by atoms with Crippen molar-refractivity contribution in [3.8, 4) is 0 Å². The zero-order chi connectivity index (χ0) is 15.1. The number of thiazole rings is 1. The fourth-order valence-corrected chi connectivity index (χ4v) is 4.18. The highest BCUT2D eigenvalue weighted by Crippen LogP contribution is 2.42. The molecule has 0 aliphatic heterocycles. The summed E-state index contributed by atoms with van der Waals surface area (Å²) < 4.78 is 0. The maximum atomic E-state index is 4.54. The Morgan fingerprint density at radius 2 is 2.14 bits per heavy atom. The molecule has 0 amide bonds. The molecule has 1 aliphatic carbocycles. The van der Waals surface area contributed by atoms with Crippen LogP contribution in [0.2, 0.25) is 0 Å². The molecule has 1 N–H and O–H groups in total. The van der Waals surface area contributed by atoms with Crippen LogP contribution < -0.4 is 5.32 Å². The molecule has 2 nitrogen and oxygen atoms in total. The molecule has 21 heavy (non-hydrogen) atoms. The molecule has 0 atom stereocenters. The van der Waals surface area contributed by atoms with Gasteiger partial charge in [-0.2, -0.15) is 0 Å². The Bertz CT molecular complexity index is 378. The van der Waals surface area contributed by atoms with Crippen LogP contribution >= 0.6 is 11.3 Å². The normalized spacial score (nSPS) is 26.4. The lowest BCUT2D eigenvalue weighted by molar-refractivity contribution is 0.134. The molecular weight excluding hydrogens is 276 g/mol. The van der Waals surface area contributed by atoms with Crippen molar-refractivity contribution >= 4 is 11.3 Å². The molecule has 1 aromatic rings. The summed E-state index contributed by atoms with van der Waals surface area (Å²) in [5.41, 5.74) is 3.73. The lowest BCUT2D eigenvalue weighted by Crippen LogP contribution is -2.41. The molecule has 1 aliphatic rings. The Kier molecular flexibility index (Phi) is 6.69. The molecular formula is C18H32N2S. The number of hydrogen-bond acceptors (Lipinski definition) is 3. The molecule has 2 rings (SSSR count). The molecule has 0 unspecified atom stereocenters. The second-order valence-electron chi connectivity index (χ2n) is 7.28. The average Bonchev–Trinajstić information content (AvgIpc) is 2.97. The second-order valence-corrected chi connectivity index (χ2v) is 8.00. The Morgan fingerprint density at radius 1 is 1.38 bits per heavy atom. The van der Waals surface area contributed by atoms with Crippen LogP contribution in [-0.4, -0.2) is 17.6 Å². The average molecular weight is 309 g/mol. The summed E-state index contributed by atoms with van der Waals surface area (Å²) in [6.45, 7) is 7.97. The smallest absolute Gasteiger partial charge is 0.0794 e. The summed E-state index contributed by atoms with van der Waals surface area (Å²) in [4.78, 5) is 4.54. The van der Waals surface area contributed by atoms with E-state index < -0.39 is 0 Å². The lowest BCUT2D eigenvalue weighted by Gasteiger charge is -2.41. The first-order valence-corrected chi connectivity index (χ1v) is 9.68. The van der Waals surface area contributed by atoms with Gasteiger partial charge in [-0.3, -0.25) is 0 Å². The fourth-order valence-electron chi connectivity index (χ4n) is 3.62. The van der Waals surface area contributed by atoms with Gasteiger partial charge in [-0.15, -0.1) is 11.3 Å². The third-order valence-corrected chi connectivity index (χ3v) is 5.69. The van der Waals surface area contributed by atoms with Crippen LogP contribution in [0, 0.1) is 11.3 Å². The van der Waals surface area contributed by atoms with Crippen LogP contribution in [0.15, 0.2) is 10.9 Å².